The molecule has 86 valence electrons. The molecule has 0 amide bonds. The molecule has 0 saturated carbocycles. The van der Waals surface area contributed by atoms with Gasteiger partial charge in [-0.2, -0.15) is 4.98 Å². The largest absolute Gasteiger partial charge is 0.493 e. The van der Waals surface area contributed by atoms with E-state index >= 15 is 0 Å². The van der Waals surface area contributed by atoms with Crippen molar-refractivity contribution in [2.75, 3.05) is 0 Å². The quantitative estimate of drug-likeness (QED) is 0.746. The Labute approximate surface area is 92.4 Å². The molecule has 0 atom stereocenters. The zero-order valence-electron chi connectivity index (χ0n) is 8.80. The lowest BCUT2D eigenvalue weighted by atomic mass is 10.2. The van der Waals surface area contributed by atoms with Crippen LogP contribution in [0.4, 0.5) is 0 Å². The third-order valence-corrected chi connectivity index (χ3v) is 3.21. The summed E-state index contributed by atoms with van der Waals surface area (Å²) >= 11 is 0. The molecule has 0 aromatic carbocycles. The molecule has 16 heavy (non-hydrogen) atoms. The van der Waals surface area contributed by atoms with Crippen LogP contribution in [0.2, 0.25) is 0 Å². The Balaban J connectivity index is 3.04. The van der Waals surface area contributed by atoms with Gasteiger partial charge < -0.3 is 9.67 Å². The number of rotatable bonds is 1. The van der Waals surface area contributed by atoms with Crippen molar-refractivity contribution in [2.45, 2.75) is 11.9 Å². The number of hydrogen-bond acceptors (Lipinski definition) is 4. The molecule has 0 aliphatic rings. The van der Waals surface area contributed by atoms with E-state index in [0.29, 0.717) is 10.9 Å². The second-order valence-electron chi connectivity index (χ2n) is 3.65. The maximum absolute atomic E-state index is 11.4. The number of primary sulfonamides is 1. The van der Waals surface area contributed by atoms with E-state index in [-0.39, 0.29) is 10.9 Å². The van der Waals surface area contributed by atoms with Crippen LogP contribution < -0.4 is 5.14 Å². The summed E-state index contributed by atoms with van der Waals surface area (Å²) in [6.45, 7) is 1.81. The van der Waals surface area contributed by atoms with Crippen LogP contribution in [0, 0.1) is 6.92 Å². The normalized spacial score (nSPS) is 12.2. The lowest BCUT2D eigenvalue weighted by Crippen LogP contribution is -2.15. The molecule has 6 nitrogen and oxygen atoms in total. The van der Waals surface area contributed by atoms with Crippen LogP contribution in [-0.2, 0) is 17.1 Å². The van der Waals surface area contributed by atoms with Crippen LogP contribution in [0.25, 0.3) is 10.9 Å². The Morgan fingerprint density at radius 3 is 2.69 bits per heavy atom. The van der Waals surface area contributed by atoms with E-state index in [1.165, 1.54) is 6.07 Å². The molecular weight excluding hydrogens is 230 g/mol. The maximum atomic E-state index is 11.4. The predicted molar refractivity (Wildman–Crippen MR) is 58.5 cm³/mol. The van der Waals surface area contributed by atoms with Gasteiger partial charge in [0.2, 0.25) is 5.88 Å². The third kappa shape index (κ3) is 1.54. The van der Waals surface area contributed by atoms with Crippen LogP contribution in [0.5, 0.6) is 5.88 Å². The number of aromatic nitrogens is 2. The van der Waals surface area contributed by atoms with Gasteiger partial charge in [-0.25, -0.2) is 13.6 Å². The molecule has 2 aromatic heterocycles. The number of hydrogen-bond donors (Lipinski definition) is 2. The van der Waals surface area contributed by atoms with Crippen LogP contribution in [0.1, 0.15) is 5.56 Å². The van der Waals surface area contributed by atoms with Gasteiger partial charge in [0.05, 0.1) is 5.52 Å². The first kappa shape index (κ1) is 10.9. The Hall–Kier alpha value is -1.60. The molecule has 0 aliphatic heterocycles. The fourth-order valence-corrected chi connectivity index (χ4v) is 2.51. The van der Waals surface area contributed by atoms with Gasteiger partial charge in [-0.3, -0.25) is 0 Å². The number of nitrogens with two attached hydrogens (primary N) is 1. The number of fused-ring (bicyclic) bond motifs is 1. The van der Waals surface area contributed by atoms with E-state index in [0.717, 1.165) is 5.56 Å². The van der Waals surface area contributed by atoms with Gasteiger partial charge in [-0.05, 0) is 12.5 Å². The molecule has 0 bridgehead atoms. The zero-order valence-corrected chi connectivity index (χ0v) is 9.61. The van der Waals surface area contributed by atoms with Gasteiger partial charge in [-0.15, -0.1) is 0 Å². The second kappa shape index (κ2) is 3.19. The molecule has 0 unspecified atom stereocenters. The molecule has 2 rings (SSSR count). The standard InChI is InChI=1S/C9H11N3O3S/c1-5-4-12(2)8-6(5)3-7(13)11-9(8)16(10,14)15/h3-4H,1-2H3,(H,11,13)(H2,10,14,15). The van der Waals surface area contributed by atoms with Crippen LogP contribution >= 0.6 is 0 Å². The molecule has 3 N–H and O–H groups in total. The fourth-order valence-electron chi connectivity index (χ4n) is 1.77. The van der Waals surface area contributed by atoms with Gasteiger partial charge in [-0.1, -0.05) is 0 Å². The highest BCUT2D eigenvalue weighted by Gasteiger charge is 2.19. The second-order valence-corrected chi connectivity index (χ2v) is 5.13. The van der Waals surface area contributed by atoms with Gasteiger partial charge in [0, 0.05) is 24.7 Å². The first-order valence-electron chi connectivity index (χ1n) is 4.49. The van der Waals surface area contributed by atoms with Crippen LogP contribution in [0.3, 0.4) is 0 Å². The van der Waals surface area contributed by atoms with Crippen LogP contribution in [0.15, 0.2) is 17.3 Å². The molecule has 7 heteroatoms. The van der Waals surface area contributed by atoms with Crippen molar-refractivity contribution in [1.29, 1.82) is 0 Å². The van der Waals surface area contributed by atoms with Crippen LogP contribution in [-0.4, -0.2) is 23.1 Å². The summed E-state index contributed by atoms with van der Waals surface area (Å²) < 4.78 is 24.3. The Bertz CT molecular complexity index is 673. The van der Waals surface area contributed by atoms with E-state index < -0.39 is 10.0 Å². The van der Waals surface area contributed by atoms with E-state index in [9.17, 15) is 13.5 Å². The number of nitrogens with zero attached hydrogens (tertiary/aromatic N) is 2. The summed E-state index contributed by atoms with van der Waals surface area (Å²) in [6, 6.07) is 1.42. The lowest BCUT2D eigenvalue weighted by molar-refractivity contribution is 0.448. The van der Waals surface area contributed by atoms with Crippen molar-refractivity contribution in [1.82, 2.24) is 9.55 Å². The average Bonchev–Trinajstić information content (AvgIpc) is 2.40. The summed E-state index contributed by atoms with van der Waals surface area (Å²) in [5.74, 6) is -0.356. The first-order valence-corrected chi connectivity index (χ1v) is 6.04. The van der Waals surface area contributed by atoms with Gasteiger partial charge in [0.15, 0.2) is 5.03 Å². The molecule has 0 fully saturated rings. The zero-order chi connectivity index (χ0) is 12.1. The number of aromatic hydroxyl groups is 1. The molecular formula is C9H11N3O3S. The number of pyridine rings is 1. The van der Waals surface area contributed by atoms with Gasteiger partial charge >= 0.3 is 0 Å². The molecule has 0 radical (unpaired) electrons. The summed E-state index contributed by atoms with van der Waals surface area (Å²) in [4.78, 5) is 3.57. The van der Waals surface area contributed by atoms with Crippen molar-refractivity contribution < 1.29 is 13.5 Å². The van der Waals surface area contributed by atoms with E-state index in [4.69, 9.17) is 5.14 Å². The maximum Gasteiger partial charge on any atom is 0.257 e. The smallest absolute Gasteiger partial charge is 0.257 e. The van der Waals surface area contributed by atoms with Crippen molar-refractivity contribution >= 4 is 20.9 Å². The first-order chi connectivity index (χ1) is 7.30. The minimum atomic E-state index is -3.95. The average molecular weight is 241 g/mol. The molecule has 2 aromatic rings. The SMILES string of the molecule is Cc1cn(C)c2c(S(N)(=O)=O)nc(O)cc12. The molecule has 0 spiro atoms. The monoisotopic (exact) mass is 241 g/mol. The highest BCUT2D eigenvalue weighted by molar-refractivity contribution is 7.89. The highest BCUT2D eigenvalue weighted by atomic mass is 32.2. The Morgan fingerprint density at radius 1 is 1.50 bits per heavy atom. The van der Waals surface area contributed by atoms with E-state index in [1.54, 1.807) is 17.8 Å². The van der Waals surface area contributed by atoms with Gasteiger partial charge in [0.25, 0.3) is 10.0 Å². The van der Waals surface area contributed by atoms with Crippen molar-refractivity contribution in [3.63, 3.8) is 0 Å². The van der Waals surface area contributed by atoms with Crippen molar-refractivity contribution in [2.24, 2.45) is 12.2 Å². The Morgan fingerprint density at radius 2 is 2.12 bits per heavy atom. The number of aryl methyl sites for hydroxylation is 2. The van der Waals surface area contributed by atoms with E-state index in [2.05, 4.69) is 4.98 Å². The fraction of sp³-hybridized carbons (Fsp3) is 0.222. The summed E-state index contributed by atoms with van der Waals surface area (Å²) in [5, 5.41) is 14.7. The topological polar surface area (TPSA) is 98.2 Å². The lowest BCUT2D eigenvalue weighted by Gasteiger charge is -2.03. The van der Waals surface area contributed by atoms with Gasteiger partial charge in [0.1, 0.15) is 0 Å². The Kier molecular flexibility index (Phi) is 2.18. The summed E-state index contributed by atoms with van der Waals surface area (Å²) in [6.07, 6.45) is 1.75. The third-order valence-electron chi connectivity index (χ3n) is 2.38. The molecule has 0 aliphatic carbocycles. The summed E-state index contributed by atoms with van der Waals surface area (Å²) in [5.41, 5.74) is 1.25. The minimum Gasteiger partial charge on any atom is -0.493 e. The predicted octanol–water partition coefficient (Wildman–Crippen LogP) is 0.235. The highest BCUT2D eigenvalue weighted by Crippen LogP contribution is 2.27. The minimum absolute atomic E-state index is 0.307. The number of sulfonamides is 1. The van der Waals surface area contributed by atoms with E-state index in [1.807, 2.05) is 6.92 Å². The van der Waals surface area contributed by atoms with Crippen molar-refractivity contribution in [3.05, 3.63) is 17.8 Å². The molecule has 0 saturated heterocycles. The molecule has 2 heterocycles. The van der Waals surface area contributed by atoms with Crippen molar-refractivity contribution in [3.8, 4) is 5.88 Å². The summed E-state index contributed by atoms with van der Waals surface area (Å²) in [7, 11) is -2.26.